The van der Waals surface area contributed by atoms with E-state index in [1.807, 2.05) is 0 Å². The van der Waals surface area contributed by atoms with Crippen LogP contribution in [0.4, 0.5) is 0 Å². The third kappa shape index (κ3) is 7.91. The lowest BCUT2D eigenvalue weighted by molar-refractivity contribution is -0.127. The molecule has 0 aliphatic heterocycles. The fourth-order valence-corrected chi connectivity index (χ4v) is 2.00. The molecule has 1 amide bonds. The molecule has 2 N–H and O–H groups in total. The minimum Gasteiger partial charge on any atom is -0.356 e. The molecule has 0 bridgehead atoms. The minimum atomic E-state index is 0. The number of nitrogens with zero attached hydrogens (tertiary/aromatic N) is 2. The number of likely N-dealkylation sites (N-methyl/N-ethyl adjacent to an activating group) is 1. The van der Waals surface area contributed by atoms with Gasteiger partial charge in [-0.15, -0.1) is 24.0 Å². The second kappa shape index (κ2) is 10.2. The van der Waals surface area contributed by atoms with Crippen LogP contribution in [-0.2, 0) is 4.79 Å². The molecule has 0 unspecified atom stereocenters. The highest BCUT2D eigenvalue weighted by Crippen LogP contribution is 2.17. The van der Waals surface area contributed by atoms with E-state index in [1.165, 1.54) is 25.7 Å². The van der Waals surface area contributed by atoms with E-state index in [4.69, 9.17) is 0 Å². The highest BCUT2D eigenvalue weighted by atomic mass is 127. The highest BCUT2D eigenvalue weighted by molar-refractivity contribution is 14.0. The molecule has 0 aromatic rings. The predicted molar refractivity (Wildman–Crippen MR) is 94.6 cm³/mol. The summed E-state index contributed by atoms with van der Waals surface area (Å²) in [6.45, 7) is 5.39. The lowest BCUT2D eigenvalue weighted by Gasteiger charge is -2.18. The number of carbonyl (C=O) groups excluding carboxylic acids is 1. The van der Waals surface area contributed by atoms with Crippen LogP contribution in [0.15, 0.2) is 4.99 Å². The zero-order valence-electron chi connectivity index (χ0n) is 13.1. The molecule has 6 heteroatoms. The molecule has 1 aliphatic carbocycles. The summed E-state index contributed by atoms with van der Waals surface area (Å²) in [5, 5.41) is 6.74. The molecule has 5 nitrogen and oxygen atoms in total. The molecule has 0 radical (unpaired) electrons. The van der Waals surface area contributed by atoms with Crippen LogP contribution in [-0.4, -0.2) is 50.0 Å². The lowest BCUT2D eigenvalue weighted by atomic mass is 10.2. The number of amides is 1. The van der Waals surface area contributed by atoms with Crippen LogP contribution in [0.1, 0.15) is 39.5 Å². The molecule has 0 heterocycles. The molecule has 0 aromatic carbocycles. The summed E-state index contributed by atoms with van der Waals surface area (Å²) in [5.74, 6) is 1.35. The Morgan fingerprint density at radius 1 is 1.30 bits per heavy atom. The van der Waals surface area contributed by atoms with E-state index in [0.717, 1.165) is 12.5 Å². The van der Waals surface area contributed by atoms with Crippen molar-refractivity contribution < 1.29 is 4.79 Å². The van der Waals surface area contributed by atoms with Gasteiger partial charge in [0.05, 0.1) is 0 Å². The van der Waals surface area contributed by atoms with E-state index in [0.29, 0.717) is 12.0 Å². The summed E-state index contributed by atoms with van der Waals surface area (Å²) in [6, 6.07) is 0.507. The van der Waals surface area contributed by atoms with Gasteiger partial charge in [0.15, 0.2) is 5.96 Å². The maximum Gasteiger partial charge on any atom is 0.243 e. The van der Waals surface area contributed by atoms with E-state index in [-0.39, 0.29) is 36.4 Å². The van der Waals surface area contributed by atoms with E-state index >= 15 is 0 Å². The average molecular weight is 396 g/mol. The molecule has 20 heavy (non-hydrogen) atoms. The van der Waals surface area contributed by atoms with E-state index < -0.39 is 0 Å². The van der Waals surface area contributed by atoms with Crippen molar-refractivity contribution in [2.45, 2.75) is 45.6 Å². The number of carbonyl (C=O) groups is 1. The molecule has 1 fully saturated rings. The first-order valence-corrected chi connectivity index (χ1v) is 7.24. The normalized spacial score (nSPS) is 15.9. The fraction of sp³-hybridized carbons (Fsp3) is 0.857. The maximum absolute atomic E-state index is 11.6. The minimum absolute atomic E-state index is 0. The Hall–Kier alpha value is -0.530. The zero-order valence-corrected chi connectivity index (χ0v) is 15.4. The van der Waals surface area contributed by atoms with Crippen molar-refractivity contribution in [1.82, 2.24) is 15.5 Å². The topological polar surface area (TPSA) is 56.7 Å². The van der Waals surface area contributed by atoms with Crippen molar-refractivity contribution in [1.29, 1.82) is 0 Å². The third-order valence-electron chi connectivity index (χ3n) is 3.25. The number of hydrogen-bond donors (Lipinski definition) is 2. The molecule has 0 saturated heterocycles. The maximum atomic E-state index is 11.6. The molecule has 1 rings (SSSR count). The Labute approximate surface area is 140 Å². The molecule has 1 saturated carbocycles. The average Bonchev–Trinajstić information content (AvgIpc) is 2.84. The molecular weight excluding hydrogens is 367 g/mol. The molecule has 0 spiro atoms. The van der Waals surface area contributed by atoms with Crippen molar-refractivity contribution in [2.24, 2.45) is 10.9 Å². The van der Waals surface area contributed by atoms with Gasteiger partial charge in [0.1, 0.15) is 6.54 Å². The summed E-state index contributed by atoms with van der Waals surface area (Å²) in [7, 11) is 3.51. The van der Waals surface area contributed by atoms with Crippen LogP contribution in [0.5, 0.6) is 0 Å². The van der Waals surface area contributed by atoms with Crippen molar-refractivity contribution >= 4 is 35.8 Å². The number of nitrogens with one attached hydrogen (secondary N) is 2. The van der Waals surface area contributed by atoms with Crippen molar-refractivity contribution in [3.05, 3.63) is 0 Å². The van der Waals surface area contributed by atoms with Gasteiger partial charge in [0.2, 0.25) is 5.91 Å². The Balaban J connectivity index is 0.00000361. The van der Waals surface area contributed by atoms with Crippen LogP contribution < -0.4 is 10.6 Å². The van der Waals surface area contributed by atoms with E-state index in [1.54, 1.807) is 19.0 Å². The second-order valence-electron chi connectivity index (χ2n) is 5.85. The third-order valence-corrected chi connectivity index (χ3v) is 3.25. The van der Waals surface area contributed by atoms with Crippen LogP contribution in [0.3, 0.4) is 0 Å². The van der Waals surface area contributed by atoms with Gasteiger partial charge in [-0.1, -0.05) is 26.7 Å². The smallest absolute Gasteiger partial charge is 0.243 e. The van der Waals surface area contributed by atoms with Gasteiger partial charge in [0.25, 0.3) is 0 Å². The molecule has 118 valence electrons. The standard InChI is InChI=1S/C14H28N4O.HI/c1-11(2)9-15-14(16-10-13(19)18(3)4)17-12-7-5-6-8-12;/h11-12H,5-10H2,1-4H3,(H2,15,16,17);1H. The van der Waals surface area contributed by atoms with Crippen LogP contribution in [0, 0.1) is 5.92 Å². The first kappa shape index (κ1) is 19.5. The Bertz CT molecular complexity index is 312. The Kier molecular flexibility index (Phi) is 9.96. The molecular formula is C14H29IN4O. The van der Waals surface area contributed by atoms with Gasteiger partial charge in [-0.2, -0.15) is 0 Å². The van der Waals surface area contributed by atoms with Gasteiger partial charge in [-0.05, 0) is 18.8 Å². The quantitative estimate of drug-likeness (QED) is 0.424. The summed E-state index contributed by atoms with van der Waals surface area (Å²) >= 11 is 0. The van der Waals surface area contributed by atoms with Gasteiger partial charge >= 0.3 is 0 Å². The van der Waals surface area contributed by atoms with Crippen molar-refractivity contribution in [2.75, 3.05) is 27.2 Å². The largest absolute Gasteiger partial charge is 0.356 e. The number of hydrogen-bond acceptors (Lipinski definition) is 2. The Morgan fingerprint density at radius 2 is 1.90 bits per heavy atom. The summed E-state index contributed by atoms with van der Waals surface area (Å²) in [5.41, 5.74) is 0. The summed E-state index contributed by atoms with van der Waals surface area (Å²) in [4.78, 5) is 17.5. The highest BCUT2D eigenvalue weighted by Gasteiger charge is 2.16. The first-order chi connectivity index (χ1) is 8.99. The van der Waals surface area contributed by atoms with Crippen LogP contribution in [0.2, 0.25) is 0 Å². The summed E-state index contributed by atoms with van der Waals surface area (Å²) in [6.07, 6.45) is 4.96. The van der Waals surface area contributed by atoms with E-state index in [2.05, 4.69) is 29.5 Å². The number of aliphatic imine (C=N–C) groups is 1. The van der Waals surface area contributed by atoms with Crippen molar-refractivity contribution in [3.8, 4) is 0 Å². The lowest BCUT2D eigenvalue weighted by Crippen LogP contribution is -2.44. The fourth-order valence-electron chi connectivity index (χ4n) is 2.00. The SMILES string of the molecule is CC(C)CNC(=NCC(=O)N(C)C)NC1CCCC1.I. The number of guanidine groups is 1. The van der Waals surface area contributed by atoms with Crippen LogP contribution >= 0.6 is 24.0 Å². The van der Waals surface area contributed by atoms with Crippen molar-refractivity contribution in [3.63, 3.8) is 0 Å². The van der Waals surface area contributed by atoms with Gasteiger partial charge in [-0.3, -0.25) is 4.79 Å². The molecule has 1 aliphatic rings. The molecule has 0 aromatic heterocycles. The van der Waals surface area contributed by atoms with Gasteiger partial charge < -0.3 is 15.5 Å². The predicted octanol–water partition coefficient (Wildman–Crippen LogP) is 1.83. The summed E-state index contributed by atoms with van der Waals surface area (Å²) < 4.78 is 0. The monoisotopic (exact) mass is 396 g/mol. The second-order valence-corrected chi connectivity index (χ2v) is 5.85. The van der Waals surface area contributed by atoms with Crippen LogP contribution in [0.25, 0.3) is 0 Å². The number of rotatable bonds is 5. The van der Waals surface area contributed by atoms with E-state index in [9.17, 15) is 4.79 Å². The van der Waals surface area contributed by atoms with Gasteiger partial charge in [0, 0.05) is 26.7 Å². The number of halogens is 1. The van der Waals surface area contributed by atoms with Gasteiger partial charge in [-0.25, -0.2) is 4.99 Å². The zero-order chi connectivity index (χ0) is 14.3. The Morgan fingerprint density at radius 3 is 2.40 bits per heavy atom. The first-order valence-electron chi connectivity index (χ1n) is 7.24. The molecule has 0 atom stereocenters.